The van der Waals surface area contributed by atoms with E-state index in [1.165, 1.54) is 16.8 Å². The summed E-state index contributed by atoms with van der Waals surface area (Å²) in [4.78, 5) is 12.3. The molecule has 4 heteroatoms. The summed E-state index contributed by atoms with van der Waals surface area (Å²) in [6.45, 7) is 2.07. The largest absolute Gasteiger partial charge is 0.375 e. The molecule has 1 aliphatic heterocycles. The molecule has 2 aromatic heterocycles. The second-order valence-electron chi connectivity index (χ2n) is 5.01. The van der Waals surface area contributed by atoms with E-state index in [2.05, 4.69) is 51.5 Å². The highest BCUT2D eigenvalue weighted by molar-refractivity contribution is 5.74. The topological polar surface area (TPSA) is 53.6 Å². The Kier molecular flexibility index (Phi) is 2.12. The minimum absolute atomic E-state index is 0.214. The lowest BCUT2D eigenvalue weighted by atomic mass is 10.1. The molecule has 0 amide bonds. The highest BCUT2D eigenvalue weighted by Gasteiger charge is 2.24. The minimum atomic E-state index is 0.214. The number of para-hydroxylation sites is 1. The van der Waals surface area contributed by atoms with Gasteiger partial charge in [0.1, 0.15) is 5.82 Å². The first-order valence-corrected chi connectivity index (χ1v) is 6.47. The zero-order chi connectivity index (χ0) is 12.8. The van der Waals surface area contributed by atoms with E-state index in [1.807, 2.05) is 6.07 Å². The Hall–Kier alpha value is -2.36. The Bertz CT molecular complexity index is 735. The van der Waals surface area contributed by atoms with E-state index in [-0.39, 0.29) is 6.04 Å². The summed E-state index contributed by atoms with van der Waals surface area (Å²) >= 11 is 0. The van der Waals surface area contributed by atoms with Crippen molar-refractivity contribution in [2.24, 2.45) is 0 Å². The molecule has 3 heterocycles. The standard InChI is InChI=1S/C15H14N4/c1-9-6-7-16-15-13(9)18-14(19-15)12-8-10-4-2-3-5-11(10)17-12/h2-7,12,17H,8H2,1H3,(H,16,18,19). The molecule has 0 saturated heterocycles. The molecule has 1 aromatic carbocycles. The van der Waals surface area contributed by atoms with E-state index < -0.39 is 0 Å². The van der Waals surface area contributed by atoms with E-state index in [0.717, 1.165) is 23.4 Å². The van der Waals surface area contributed by atoms with Gasteiger partial charge >= 0.3 is 0 Å². The van der Waals surface area contributed by atoms with E-state index in [9.17, 15) is 0 Å². The summed E-state index contributed by atoms with van der Waals surface area (Å²) in [6, 6.07) is 10.6. The monoisotopic (exact) mass is 250 g/mol. The number of nitrogens with one attached hydrogen (secondary N) is 2. The molecular formula is C15H14N4. The number of fused-ring (bicyclic) bond motifs is 2. The molecule has 0 spiro atoms. The molecule has 1 atom stereocenters. The number of H-pyrrole nitrogens is 1. The van der Waals surface area contributed by atoms with Crippen molar-refractivity contribution in [2.45, 2.75) is 19.4 Å². The van der Waals surface area contributed by atoms with Gasteiger partial charge in [0.15, 0.2) is 5.65 Å². The third-order valence-corrected chi connectivity index (χ3v) is 3.72. The van der Waals surface area contributed by atoms with Crippen LogP contribution in [0, 0.1) is 6.92 Å². The van der Waals surface area contributed by atoms with Gasteiger partial charge in [-0.05, 0) is 30.2 Å². The van der Waals surface area contributed by atoms with Crippen molar-refractivity contribution in [1.82, 2.24) is 15.0 Å². The number of nitrogens with zero attached hydrogens (tertiary/aromatic N) is 2. The van der Waals surface area contributed by atoms with Crippen LogP contribution in [-0.4, -0.2) is 15.0 Å². The van der Waals surface area contributed by atoms with Crippen molar-refractivity contribution in [1.29, 1.82) is 0 Å². The Morgan fingerprint density at radius 2 is 2.11 bits per heavy atom. The highest BCUT2D eigenvalue weighted by atomic mass is 15.1. The molecular weight excluding hydrogens is 236 g/mol. The Balaban J connectivity index is 1.75. The molecule has 4 nitrogen and oxygen atoms in total. The van der Waals surface area contributed by atoms with Gasteiger partial charge in [-0.3, -0.25) is 0 Å². The van der Waals surface area contributed by atoms with E-state index in [4.69, 9.17) is 0 Å². The van der Waals surface area contributed by atoms with Gasteiger partial charge in [-0.25, -0.2) is 9.97 Å². The molecule has 2 N–H and O–H groups in total. The lowest BCUT2D eigenvalue weighted by Crippen LogP contribution is -2.07. The molecule has 0 bridgehead atoms. The molecule has 0 aliphatic carbocycles. The number of rotatable bonds is 1. The smallest absolute Gasteiger partial charge is 0.178 e. The fraction of sp³-hybridized carbons (Fsp3) is 0.200. The third kappa shape index (κ3) is 1.60. The van der Waals surface area contributed by atoms with Crippen LogP contribution in [0.5, 0.6) is 0 Å². The normalized spacial score (nSPS) is 17.4. The van der Waals surface area contributed by atoms with Crippen LogP contribution in [-0.2, 0) is 6.42 Å². The first kappa shape index (κ1) is 10.6. The summed E-state index contributed by atoms with van der Waals surface area (Å²) in [7, 11) is 0. The predicted molar refractivity (Wildman–Crippen MR) is 75.1 cm³/mol. The summed E-state index contributed by atoms with van der Waals surface area (Å²) in [5, 5.41) is 3.51. The number of hydrogen-bond donors (Lipinski definition) is 2. The van der Waals surface area contributed by atoms with Crippen molar-refractivity contribution in [3.05, 3.63) is 53.5 Å². The molecule has 94 valence electrons. The van der Waals surface area contributed by atoms with Gasteiger partial charge in [0.25, 0.3) is 0 Å². The first-order valence-electron chi connectivity index (χ1n) is 6.47. The molecule has 1 aliphatic rings. The van der Waals surface area contributed by atoms with Crippen molar-refractivity contribution in [2.75, 3.05) is 5.32 Å². The number of aromatic nitrogens is 3. The maximum absolute atomic E-state index is 4.61. The number of aromatic amines is 1. The summed E-state index contributed by atoms with van der Waals surface area (Å²) in [5.41, 5.74) is 5.57. The highest BCUT2D eigenvalue weighted by Crippen LogP contribution is 2.33. The van der Waals surface area contributed by atoms with Gasteiger partial charge in [0, 0.05) is 18.3 Å². The van der Waals surface area contributed by atoms with Gasteiger partial charge in [-0.1, -0.05) is 18.2 Å². The number of anilines is 1. The Labute approximate surface area is 110 Å². The maximum Gasteiger partial charge on any atom is 0.178 e. The molecule has 4 rings (SSSR count). The van der Waals surface area contributed by atoms with Crippen molar-refractivity contribution < 1.29 is 0 Å². The predicted octanol–water partition coefficient (Wildman–Crippen LogP) is 2.98. The zero-order valence-corrected chi connectivity index (χ0v) is 10.6. The van der Waals surface area contributed by atoms with Crippen molar-refractivity contribution in [3.8, 4) is 0 Å². The molecule has 19 heavy (non-hydrogen) atoms. The van der Waals surface area contributed by atoms with Crippen LogP contribution < -0.4 is 5.32 Å². The zero-order valence-electron chi connectivity index (χ0n) is 10.6. The van der Waals surface area contributed by atoms with Gasteiger partial charge in [-0.15, -0.1) is 0 Å². The van der Waals surface area contributed by atoms with E-state index >= 15 is 0 Å². The first-order chi connectivity index (χ1) is 9.31. The average molecular weight is 250 g/mol. The SMILES string of the molecule is Cc1ccnc2nc(C3Cc4ccccc4N3)[nH]c12. The number of hydrogen-bond acceptors (Lipinski definition) is 3. The maximum atomic E-state index is 4.61. The molecule has 0 radical (unpaired) electrons. The molecule has 0 fully saturated rings. The van der Waals surface area contributed by atoms with E-state index in [0.29, 0.717) is 0 Å². The summed E-state index contributed by atoms with van der Waals surface area (Å²) in [5.74, 6) is 0.966. The van der Waals surface area contributed by atoms with Gasteiger partial charge in [0.2, 0.25) is 0 Å². The number of benzene rings is 1. The molecule has 1 unspecified atom stereocenters. The van der Waals surface area contributed by atoms with Gasteiger partial charge < -0.3 is 10.3 Å². The number of pyridine rings is 1. The van der Waals surface area contributed by atoms with Gasteiger partial charge in [-0.2, -0.15) is 0 Å². The fourth-order valence-corrected chi connectivity index (χ4v) is 2.68. The Morgan fingerprint density at radius 3 is 2.95 bits per heavy atom. The summed E-state index contributed by atoms with van der Waals surface area (Å²) < 4.78 is 0. The van der Waals surface area contributed by atoms with Gasteiger partial charge in [0.05, 0.1) is 11.6 Å². The average Bonchev–Trinajstić information content (AvgIpc) is 3.02. The lowest BCUT2D eigenvalue weighted by Gasteiger charge is -2.06. The second kappa shape index (κ2) is 3.82. The van der Waals surface area contributed by atoms with Crippen LogP contribution in [0.1, 0.15) is 23.0 Å². The number of aryl methyl sites for hydroxylation is 1. The molecule has 3 aromatic rings. The van der Waals surface area contributed by atoms with Crippen LogP contribution >= 0.6 is 0 Å². The third-order valence-electron chi connectivity index (χ3n) is 3.72. The van der Waals surface area contributed by atoms with Crippen LogP contribution in [0.3, 0.4) is 0 Å². The quantitative estimate of drug-likeness (QED) is 0.698. The fourth-order valence-electron chi connectivity index (χ4n) is 2.68. The summed E-state index contributed by atoms with van der Waals surface area (Å²) in [6.07, 6.45) is 2.77. The number of imidazole rings is 1. The second-order valence-corrected chi connectivity index (χ2v) is 5.01. The van der Waals surface area contributed by atoms with Crippen LogP contribution in [0.15, 0.2) is 36.5 Å². The van der Waals surface area contributed by atoms with Crippen molar-refractivity contribution in [3.63, 3.8) is 0 Å². The van der Waals surface area contributed by atoms with Crippen molar-refractivity contribution >= 4 is 16.9 Å². The lowest BCUT2D eigenvalue weighted by molar-refractivity contribution is 0.767. The minimum Gasteiger partial charge on any atom is -0.375 e. The van der Waals surface area contributed by atoms with Crippen LogP contribution in [0.25, 0.3) is 11.2 Å². The Morgan fingerprint density at radius 1 is 1.21 bits per heavy atom. The van der Waals surface area contributed by atoms with E-state index in [1.54, 1.807) is 6.20 Å². The van der Waals surface area contributed by atoms with Crippen LogP contribution in [0.2, 0.25) is 0 Å². The van der Waals surface area contributed by atoms with Crippen LogP contribution in [0.4, 0.5) is 5.69 Å². The molecule has 0 saturated carbocycles.